The highest BCUT2D eigenvalue weighted by molar-refractivity contribution is 5.85. The molecule has 3 nitrogen and oxygen atoms in total. The predicted molar refractivity (Wildman–Crippen MR) is 134 cm³/mol. The summed E-state index contributed by atoms with van der Waals surface area (Å²) in [5.74, 6) is 2.10. The summed E-state index contributed by atoms with van der Waals surface area (Å²) >= 11 is 0. The molecular formula is C27H42ClNO2. The SMILES string of the molecule is CCOC(C)N(Oc1cccc(CC(C)C)c1CC(C)C)C(C)(C)c1ccccc1.Cl. The van der Waals surface area contributed by atoms with Gasteiger partial charge in [-0.25, -0.2) is 0 Å². The quantitative estimate of drug-likeness (QED) is 0.264. The van der Waals surface area contributed by atoms with E-state index in [-0.39, 0.29) is 24.2 Å². The molecule has 2 aromatic rings. The van der Waals surface area contributed by atoms with Gasteiger partial charge in [0.2, 0.25) is 0 Å². The normalized spacial score (nSPS) is 12.9. The molecule has 0 spiro atoms. The van der Waals surface area contributed by atoms with Crippen LogP contribution in [0, 0.1) is 11.8 Å². The zero-order valence-electron chi connectivity index (χ0n) is 20.6. The number of hydroxylamine groups is 2. The predicted octanol–water partition coefficient (Wildman–Crippen LogP) is 7.42. The Morgan fingerprint density at radius 3 is 2.00 bits per heavy atom. The van der Waals surface area contributed by atoms with Crippen molar-refractivity contribution in [2.24, 2.45) is 11.8 Å². The Bertz CT molecular complexity index is 774. The van der Waals surface area contributed by atoms with Crippen LogP contribution in [0.15, 0.2) is 48.5 Å². The zero-order chi connectivity index (χ0) is 22.3. The fourth-order valence-electron chi connectivity index (χ4n) is 4.00. The first-order chi connectivity index (χ1) is 14.2. The van der Waals surface area contributed by atoms with Crippen LogP contribution in [0.4, 0.5) is 0 Å². The van der Waals surface area contributed by atoms with Crippen molar-refractivity contribution in [1.82, 2.24) is 5.06 Å². The number of rotatable bonds is 11. The highest BCUT2D eigenvalue weighted by Gasteiger charge is 2.35. The monoisotopic (exact) mass is 447 g/mol. The van der Waals surface area contributed by atoms with E-state index in [4.69, 9.17) is 9.57 Å². The van der Waals surface area contributed by atoms with Gasteiger partial charge < -0.3 is 9.57 Å². The lowest BCUT2D eigenvalue weighted by Gasteiger charge is -2.41. The molecule has 0 heterocycles. The van der Waals surface area contributed by atoms with E-state index in [1.165, 1.54) is 16.7 Å². The minimum Gasteiger partial charge on any atom is -0.402 e. The molecule has 0 aromatic heterocycles. The molecule has 0 aliphatic carbocycles. The summed E-state index contributed by atoms with van der Waals surface area (Å²) < 4.78 is 6.00. The largest absolute Gasteiger partial charge is 0.402 e. The zero-order valence-corrected chi connectivity index (χ0v) is 21.5. The Labute approximate surface area is 196 Å². The molecule has 31 heavy (non-hydrogen) atoms. The third kappa shape index (κ3) is 7.52. The smallest absolute Gasteiger partial charge is 0.151 e. The minimum atomic E-state index is -0.362. The number of hydrogen-bond donors (Lipinski definition) is 0. The van der Waals surface area contributed by atoms with Crippen molar-refractivity contribution >= 4 is 12.4 Å². The van der Waals surface area contributed by atoms with E-state index in [2.05, 4.69) is 90.9 Å². The molecular weight excluding hydrogens is 406 g/mol. The van der Waals surface area contributed by atoms with Crippen LogP contribution in [0.5, 0.6) is 5.75 Å². The van der Waals surface area contributed by atoms with Crippen LogP contribution in [-0.2, 0) is 23.1 Å². The number of halogens is 1. The van der Waals surface area contributed by atoms with Gasteiger partial charge in [-0.3, -0.25) is 0 Å². The van der Waals surface area contributed by atoms with E-state index < -0.39 is 0 Å². The summed E-state index contributed by atoms with van der Waals surface area (Å²) in [5, 5.41) is 2.02. The second kappa shape index (κ2) is 12.5. The summed E-state index contributed by atoms with van der Waals surface area (Å²) in [6.45, 7) is 18.2. The fourth-order valence-corrected chi connectivity index (χ4v) is 4.00. The summed E-state index contributed by atoms with van der Waals surface area (Å²) in [5.41, 5.74) is 3.54. The maximum Gasteiger partial charge on any atom is 0.151 e. The number of hydrogen-bond acceptors (Lipinski definition) is 3. The van der Waals surface area contributed by atoms with Crippen molar-refractivity contribution in [2.45, 2.75) is 80.0 Å². The Morgan fingerprint density at radius 2 is 1.45 bits per heavy atom. The maximum absolute atomic E-state index is 6.71. The van der Waals surface area contributed by atoms with Crippen LogP contribution in [0.2, 0.25) is 0 Å². The van der Waals surface area contributed by atoms with E-state index in [0.717, 1.165) is 18.6 Å². The summed E-state index contributed by atoms with van der Waals surface area (Å²) in [4.78, 5) is 6.71. The molecule has 0 aliphatic rings. The number of ether oxygens (including phenoxy) is 1. The second-order valence-corrected chi connectivity index (χ2v) is 9.49. The van der Waals surface area contributed by atoms with E-state index in [9.17, 15) is 0 Å². The van der Waals surface area contributed by atoms with Gasteiger partial charge in [0, 0.05) is 12.2 Å². The van der Waals surface area contributed by atoms with Crippen molar-refractivity contribution in [3.05, 3.63) is 65.2 Å². The van der Waals surface area contributed by atoms with Gasteiger partial charge in [-0.15, -0.1) is 17.5 Å². The first kappa shape index (κ1) is 27.5. The average Bonchev–Trinajstić information content (AvgIpc) is 2.68. The minimum absolute atomic E-state index is 0. The van der Waals surface area contributed by atoms with E-state index in [1.54, 1.807) is 0 Å². The molecule has 2 aromatic carbocycles. The molecule has 1 atom stereocenters. The molecule has 0 fully saturated rings. The van der Waals surface area contributed by atoms with Crippen LogP contribution in [0.3, 0.4) is 0 Å². The van der Waals surface area contributed by atoms with Crippen molar-refractivity contribution in [2.75, 3.05) is 6.61 Å². The Balaban J connectivity index is 0.00000480. The highest BCUT2D eigenvalue weighted by atomic mass is 35.5. The van der Waals surface area contributed by atoms with Crippen molar-refractivity contribution in [3.63, 3.8) is 0 Å². The van der Waals surface area contributed by atoms with Gasteiger partial charge in [0.1, 0.15) is 6.23 Å². The van der Waals surface area contributed by atoms with Gasteiger partial charge in [-0.1, -0.05) is 70.2 Å². The van der Waals surface area contributed by atoms with E-state index in [1.807, 2.05) is 18.1 Å². The average molecular weight is 448 g/mol. The van der Waals surface area contributed by atoms with Gasteiger partial charge in [0.05, 0.1) is 5.54 Å². The van der Waals surface area contributed by atoms with E-state index >= 15 is 0 Å². The molecule has 0 saturated heterocycles. The topological polar surface area (TPSA) is 21.7 Å². The van der Waals surface area contributed by atoms with Crippen LogP contribution in [-0.4, -0.2) is 17.9 Å². The van der Waals surface area contributed by atoms with Crippen molar-refractivity contribution < 1.29 is 9.57 Å². The summed E-state index contributed by atoms with van der Waals surface area (Å²) in [6, 6.07) is 17.0. The molecule has 0 saturated carbocycles. The van der Waals surface area contributed by atoms with Crippen LogP contribution < -0.4 is 4.84 Å². The molecule has 0 bridgehead atoms. The fraction of sp³-hybridized carbons (Fsp3) is 0.556. The van der Waals surface area contributed by atoms with Gasteiger partial charge in [-0.05, 0) is 69.6 Å². The van der Waals surface area contributed by atoms with Gasteiger partial charge in [-0.2, -0.15) is 0 Å². The molecule has 1 unspecified atom stereocenters. The molecule has 174 valence electrons. The van der Waals surface area contributed by atoms with Gasteiger partial charge in [0.25, 0.3) is 0 Å². The van der Waals surface area contributed by atoms with Crippen molar-refractivity contribution in [3.8, 4) is 5.75 Å². The highest BCUT2D eigenvalue weighted by Crippen LogP contribution is 2.34. The van der Waals surface area contributed by atoms with Crippen molar-refractivity contribution in [1.29, 1.82) is 0 Å². The Hall–Kier alpha value is -1.55. The molecule has 0 amide bonds. The Morgan fingerprint density at radius 1 is 0.839 bits per heavy atom. The number of benzene rings is 2. The third-order valence-electron chi connectivity index (χ3n) is 5.44. The number of nitrogens with zero attached hydrogens (tertiary/aromatic N) is 1. The standard InChI is InChI=1S/C27H41NO2.ClH/c1-9-29-22(6)28(27(7,8)24-15-11-10-12-16-24)30-26-17-13-14-23(18-20(2)3)25(26)19-21(4)5;/h10-17,20-22H,9,18-19H2,1-8H3;1H. The lowest BCUT2D eigenvalue weighted by molar-refractivity contribution is -0.238. The second-order valence-electron chi connectivity index (χ2n) is 9.49. The van der Waals surface area contributed by atoms with Gasteiger partial charge in [0.15, 0.2) is 5.75 Å². The van der Waals surface area contributed by atoms with Crippen LogP contribution in [0.1, 0.15) is 72.1 Å². The summed E-state index contributed by atoms with van der Waals surface area (Å²) in [6.07, 6.45) is 1.87. The molecule has 0 N–H and O–H groups in total. The molecule has 0 radical (unpaired) electrons. The Kier molecular flexibility index (Phi) is 11.1. The van der Waals surface area contributed by atoms with Gasteiger partial charge >= 0.3 is 0 Å². The van der Waals surface area contributed by atoms with Crippen LogP contribution >= 0.6 is 12.4 Å². The molecule has 2 rings (SSSR count). The third-order valence-corrected chi connectivity index (χ3v) is 5.44. The summed E-state index contributed by atoms with van der Waals surface area (Å²) in [7, 11) is 0. The lowest BCUT2D eigenvalue weighted by Crippen LogP contribution is -2.50. The molecule has 0 aliphatic heterocycles. The van der Waals surface area contributed by atoms with E-state index in [0.29, 0.717) is 18.4 Å². The van der Waals surface area contributed by atoms with Crippen LogP contribution in [0.25, 0.3) is 0 Å². The lowest BCUT2D eigenvalue weighted by atomic mass is 9.92. The first-order valence-corrected chi connectivity index (χ1v) is 11.4. The maximum atomic E-state index is 6.71. The molecule has 4 heteroatoms. The first-order valence-electron chi connectivity index (χ1n) is 11.4.